The zero-order valence-electron chi connectivity index (χ0n) is 15.6. The lowest BCUT2D eigenvalue weighted by molar-refractivity contribution is 0.0703. The summed E-state index contributed by atoms with van der Waals surface area (Å²) in [6.07, 6.45) is 3.52. The van der Waals surface area contributed by atoms with E-state index in [0.717, 1.165) is 66.9 Å². The van der Waals surface area contributed by atoms with Crippen molar-refractivity contribution in [1.29, 1.82) is 0 Å². The number of anilines is 2. The number of hydrogen-bond donors (Lipinski definition) is 3. The number of fused-ring (bicyclic) bond motifs is 1. The topological polar surface area (TPSA) is 105 Å². The molecule has 0 aliphatic carbocycles. The van der Waals surface area contributed by atoms with E-state index in [9.17, 15) is 9.90 Å². The Labute approximate surface area is 167 Å². The molecule has 0 atom stereocenters. The van der Waals surface area contributed by atoms with Crippen LogP contribution in [-0.4, -0.2) is 35.2 Å². The Morgan fingerprint density at radius 1 is 1.21 bits per heavy atom. The van der Waals surface area contributed by atoms with Gasteiger partial charge in [-0.1, -0.05) is 30.3 Å². The Balaban J connectivity index is 1.74. The van der Waals surface area contributed by atoms with Gasteiger partial charge in [-0.05, 0) is 42.9 Å². The minimum absolute atomic E-state index is 0.168. The minimum atomic E-state index is -1.000. The number of carboxylic acid groups (broad SMARTS) is 1. The number of thiophene rings is 1. The summed E-state index contributed by atoms with van der Waals surface area (Å²) < 4.78 is 0. The van der Waals surface area contributed by atoms with Gasteiger partial charge in [0.2, 0.25) is 0 Å². The lowest BCUT2D eigenvalue weighted by atomic mass is 10.0. The first kappa shape index (κ1) is 18.7. The third kappa shape index (κ3) is 3.68. The number of benzene rings is 1. The molecule has 6 nitrogen and oxygen atoms in total. The first-order valence-electron chi connectivity index (χ1n) is 9.52. The molecule has 0 unspecified atom stereocenters. The SMILES string of the molecule is Nc1c(C(=O)O)sc2nc(N3CCC(N)CC3)cc(CCc3ccccc3)c12. The second-order valence-electron chi connectivity index (χ2n) is 7.28. The van der Waals surface area contributed by atoms with E-state index in [-0.39, 0.29) is 10.9 Å². The van der Waals surface area contributed by atoms with Gasteiger partial charge in [-0.2, -0.15) is 0 Å². The van der Waals surface area contributed by atoms with Gasteiger partial charge in [0.1, 0.15) is 15.5 Å². The number of nitrogen functional groups attached to an aromatic ring is 1. The molecule has 0 saturated carbocycles. The normalized spacial score (nSPS) is 15.2. The number of aromatic carboxylic acids is 1. The van der Waals surface area contributed by atoms with E-state index in [1.54, 1.807) is 0 Å². The standard InChI is InChI=1S/C21H24N4O2S/c22-15-8-10-25(11-9-15)16-12-14(7-6-13-4-2-1-3-5-13)17-18(23)19(21(26)27)28-20(17)24-16/h1-5,12,15H,6-11,22-23H2,(H,26,27). The Hall–Kier alpha value is -2.64. The number of aryl methyl sites for hydroxylation is 2. The predicted molar refractivity (Wildman–Crippen MR) is 114 cm³/mol. The van der Waals surface area contributed by atoms with Gasteiger partial charge in [0.15, 0.2) is 0 Å². The molecule has 4 rings (SSSR count). The highest BCUT2D eigenvalue weighted by Crippen LogP contribution is 2.37. The summed E-state index contributed by atoms with van der Waals surface area (Å²) in [6.45, 7) is 1.73. The fourth-order valence-corrected chi connectivity index (χ4v) is 4.73. The van der Waals surface area contributed by atoms with Crippen molar-refractivity contribution in [3.05, 3.63) is 52.4 Å². The van der Waals surface area contributed by atoms with Crippen molar-refractivity contribution >= 4 is 39.0 Å². The van der Waals surface area contributed by atoms with Gasteiger partial charge in [-0.25, -0.2) is 9.78 Å². The smallest absolute Gasteiger partial charge is 0.348 e. The number of nitrogens with two attached hydrogens (primary N) is 2. The number of hydrogen-bond acceptors (Lipinski definition) is 6. The largest absolute Gasteiger partial charge is 0.477 e. The maximum absolute atomic E-state index is 11.6. The summed E-state index contributed by atoms with van der Waals surface area (Å²) in [5.41, 5.74) is 14.9. The summed E-state index contributed by atoms with van der Waals surface area (Å²) in [4.78, 5) is 19.5. The first-order chi connectivity index (χ1) is 13.5. The molecule has 0 spiro atoms. The van der Waals surface area contributed by atoms with Crippen molar-refractivity contribution in [3.8, 4) is 0 Å². The summed E-state index contributed by atoms with van der Waals surface area (Å²) in [5, 5.41) is 10.3. The molecule has 1 aromatic carbocycles. The van der Waals surface area contributed by atoms with E-state index in [1.807, 2.05) is 18.2 Å². The van der Waals surface area contributed by atoms with Crippen molar-refractivity contribution in [1.82, 2.24) is 4.98 Å². The van der Waals surface area contributed by atoms with Crippen LogP contribution in [0.15, 0.2) is 36.4 Å². The number of aromatic nitrogens is 1. The van der Waals surface area contributed by atoms with Gasteiger partial charge in [0.05, 0.1) is 5.69 Å². The van der Waals surface area contributed by atoms with Crippen LogP contribution < -0.4 is 16.4 Å². The Morgan fingerprint density at radius 3 is 2.61 bits per heavy atom. The van der Waals surface area contributed by atoms with E-state index in [1.165, 1.54) is 5.56 Å². The molecular weight excluding hydrogens is 372 g/mol. The number of nitrogens with zero attached hydrogens (tertiary/aromatic N) is 2. The molecule has 0 amide bonds. The van der Waals surface area contributed by atoms with Crippen LogP contribution >= 0.6 is 11.3 Å². The van der Waals surface area contributed by atoms with Crippen LogP contribution in [-0.2, 0) is 12.8 Å². The van der Waals surface area contributed by atoms with E-state index in [0.29, 0.717) is 10.5 Å². The molecule has 2 aromatic heterocycles. The highest BCUT2D eigenvalue weighted by atomic mass is 32.1. The highest BCUT2D eigenvalue weighted by Gasteiger charge is 2.23. The second-order valence-corrected chi connectivity index (χ2v) is 8.28. The number of piperidine rings is 1. The lowest BCUT2D eigenvalue weighted by Crippen LogP contribution is -2.40. The van der Waals surface area contributed by atoms with Crippen LogP contribution in [0.25, 0.3) is 10.2 Å². The summed E-state index contributed by atoms with van der Waals surface area (Å²) in [5.74, 6) is -0.111. The molecule has 28 heavy (non-hydrogen) atoms. The zero-order valence-corrected chi connectivity index (χ0v) is 16.4. The van der Waals surface area contributed by atoms with Crippen molar-refractivity contribution in [3.63, 3.8) is 0 Å². The van der Waals surface area contributed by atoms with Crippen molar-refractivity contribution in [2.75, 3.05) is 23.7 Å². The van der Waals surface area contributed by atoms with Crippen molar-refractivity contribution in [2.24, 2.45) is 5.73 Å². The van der Waals surface area contributed by atoms with Gasteiger partial charge >= 0.3 is 5.97 Å². The Morgan fingerprint density at radius 2 is 1.93 bits per heavy atom. The predicted octanol–water partition coefficient (Wildman–Crippen LogP) is 3.29. The number of pyridine rings is 1. The molecule has 1 aliphatic rings. The van der Waals surface area contributed by atoms with Gasteiger partial charge in [-0.3, -0.25) is 0 Å². The fraction of sp³-hybridized carbons (Fsp3) is 0.333. The molecule has 1 fully saturated rings. The third-order valence-electron chi connectivity index (χ3n) is 5.35. The molecule has 0 radical (unpaired) electrons. The second kappa shape index (κ2) is 7.77. The summed E-state index contributed by atoms with van der Waals surface area (Å²) in [6, 6.07) is 12.6. The van der Waals surface area contributed by atoms with Crippen LogP contribution in [0.5, 0.6) is 0 Å². The number of carbonyl (C=O) groups is 1. The summed E-state index contributed by atoms with van der Waals surface area (Å²) >= 11 is 1.16. The third-order valence-corrected chi connectivity index (χ3v) is 6.44. The van der Waals surface area contributed by atoms with Crippen molar-refractivity contribution in [2.45, 2.75) is 31.7 Å². The number of carboxylic acids is 1. The number of rotatable bonds is 5. The molecule has 3 heterocycles. The molecule has 146 valence electrons. The molecule has 3 aromatic rings. The highest BCUT2D eigenvalue weighted by molar-refractivity contribution is 7.21. The monoisotopic (exact) mass is 396 g/mol. The molecule has 7 heteroatoms. The summed E-state index contributed by atoms with van der Waals surface area (Å²) in [7, 11) is 0. The maximum atomic E-state index is 11.6. The van der Waals surface area contributed by atoms with Crippen molar-refractivity contribution < 1.29 is 9.90 Å². The molecular formula is C21H24N4O2S. The lowest BCUT2D eigenvalue weighted by Gasteiger charge is -2.31. The van der Waals surface area contributed by atoms with Crippen LogP contribution in [0.1, 0.15) is 33.6 Å². The van der Waals surface area contributed by atoms with Crippen LogP contribution in [0.2, 0.25) is 0 Å². The van der Waals surface area contributed by atoms with E-state index in [2.05, 4.69) is 23.1 Å². The first-order valence-corrected chi connectivity index (χ1v) is 10.3. The van der Waals surface area contributed by atoms with Gasteiger partial charge in [-0.15, -0.1) is 11.3 Å². The van der Waals surface area contributed by atoms with Gasteiger partial charge in [0.25, 0.3) is 0 Å². The van der Waals surface area contributed by atoms with Gasteiger partial charge < -0.3 is 21.5 Å². The average molecular weight is 397 g/mol. The van der Waals surface area contributed by atoms with Gasteiger partial charge in [0, 0.05) is 24.5 Å². The van der Waals surface area contributed by atoms with E-state index < -0.39 is 5.97 Å². The maximum Gasteiger partial charge on any atom is 0.348 e. The minimum Gasteiger partial charge on any atom is -0.477 e. The Kier molecular flexibility index (Phi) is 5.19. The molecule has 1 saturated heterocycles. The van der Waals surface area contributed by atoms with Crippen LogP contribution in [0.3, 0.4) is 0 Å². The quantitative estimate of drug-likeness (QED) is 0.611. The molecule has 5 N–H and O–H groups in total. The zero-order chi connectivity index (χ0) is 19.7. The fourth-order valence-electron chi connectivity index (χ4n) is 3.76. The molecule has 0 bridgehead atoms. The molecule has 1 aliphatic heterocycles. The van der Waals surface area contributed by atoms with E-state index >= 15 is 0 Å². The van der Waals surface area contributed by atoms with Crippen LogP contribution in [0.4, 0.5) is 11.5 Å². The van der Waals surface area contributed by atoms with Crippen LogP contribution in [0, 0.1) is 0 Å². The average Bonchev–Trinajstić information content (AvgIpc) is 3.04. The van der Waals surface area contributed by atoms with E-state index in [4.69, 9.17) is 16.5 Å². The Bertz CT molecular complexity index is 995.